The number of ether oxygens (including phenoxy) is 2. The number of carbonyl (C=O) groups excluding carboxylic acids is 1. The minimum atomic E-state index is -0.902. The average Bonchev–Trinajstić information content (AvgIpc) is 3.09. The van der Waals surface area contributed by atoms with Gasteiger partial charge >= 0.3 is 5.97 Å². The molecule has 29 heavy (non-hydrogen) atoms. The van der Waals surface area contributed by atoms with Gasteiger partial charge in [-0.2, -0.15) is 0 Å². The molecule has 0 radical (unpaired) electrons. The number of carbonyl (C=O) groups is 2. The predicted molar refractivity (Wildman–Crippen MR) is 109 cm³/mol. The number of amides is 1. The molecule has 1 aromatic heterocycles. The minimum absolute atomic E-state index is 0.105. The highest BCUT2D eigenvalue weighted by Crippen LogP contribution is 2.35. The molecule has 4 rings (SSSR count). The number of benzene rings is 2. The van der Waals surface area contributed by atoms with E-state index in [-0.39, 0.29) is 12.5 Å². The van der Waals surface area contributed by atoms with E-state index in [0.29, 0.717) is 30.4 Å². The molecule has 0 saturated carbocycles. The fourth-order valence-electron chi connectivity index (χ4n) is 3.41. The van der Waals surface area contributed by atoms with Crippen molar-refractivity contribution in [3.05, 3.63) is 54.2 Å². The van der Waals surface area contributed by atoms with Gasteiger partial charge < -0.3 is 24.5 Å². The number of rotatable bonds is 5. The van der Waals surface area contributed by atoms with E-state index in [1.807, 2.05) is 50.2 Å². The molecule has 0 bridgehead atoms. The largest absolute Gasteiger partial charge is 0.486 e. The number of nitrogens with one attached hydrogen (secondary N) is 1. The Hall–Kier alpha value is -3.48. The normalized spacial score (nSPS) is 13.3. The molecular weight excluding hydrogens is 372 g/mol. The molecule has 0 saturated heterocycles. The second kappa shape index (κ2) is 7.16. The van der Waals surface area contributed by atoms with Crippen molar-refractivity contribution in [2.75, 3.05) is 18.5 Å². The summed E-state index contributed by atoms with van der Waals surface area (Å²) in [6.07, 6.45) is 1.73. The number of carboxylic acid groups (broad SMARTS) is 1. The van der Waals surface area contributed by atoms with Crippen LogP contribution >= 0.6 is 0 Å². The van der Waals surface area contributed by atoms with Gasteiger partial charge in [0.25, 0.3) is 0 Å². The van der Waals surface area contributed by atoms with Crippen molar-refractivity contribution >= 4 is 28.5 Å². The monoisotopic (exact) mass is 394 g/mol. The Balaban J connectivity index is 1.55. The molecule has 2 heterocycles. The molecule has 7 heteroatoms. The lowest BCUT2D eigenvalue weighted by molar-refractivity contribution is -0.137. The topological polar surface area (TPSA) is 89.8 Å². The van der Waals surface area contributed by atoms with Crippen molar-refractivity contribution in [2.45, 2.75) is 25.8 Å². The molecule has 0 atom stereocenters. The second-order valence-electron chi connectivity index (χ2n) is 7.55. The molecule has 0 fully saturated rings. The van der Waals surface area contributed by atoms with Crippen molar-refractivity contribution in [2.24, 2.45) is 0 Å². The van der Waals surface area contributed by atoms with Crippen molar-refractivity contribution in [3.63, 3.8) is 0 Å². The van der Waals surface area contributed by atoms with Crippen molar-refractivity contribution in [3.8, 4) is 11.5 Å². The van der Waals surface area contributed by atoms with Gasteiger partial charge in [0.05, 0.1) is 5.41 Å². The van der Waals surface area contributed by atoms with Crippen LogP contribution in [0.5, 0.6) is 11.5 Å². The predicted octanol–water partition coefficient (Wildman–Crippen LogP) is 3.41. The molecule has 1 amide bonds. The zero-order valence-electron chi connectivity index (χ0n) is 16.3. The van der Waals surface area contributed by atoms with Crippen LogP contribution in [-0.4, -0.2) is 34.8 Å². The Bertz CT molecular complexity index is 1100. The summed E-state index contributed by atoms with van der Waals surface area (Å²) in [6, 6.07) is 12.8. The van der Waals surface area contributed by atoms with Crippen LogP contribution in [0.15, 0.2) is 48.7 Å². The van der Waals surface area contributed by atoms with Crippen LogP contribution in [0.3, 0.4) is 0 Å². The van der Waals surface area contributed by atoms with Gasteiger partial charge in [0.2, 0.25) is 5.91 Å². The highest BCUT2D eigenvalue weighted by molar-refractivity contribution is 6.00. The molecule has 0 unspecified atom stereocenters. The number of anilines is 1. The summed E-state index contributed by atoms with van der Waals surface area (Å²) in [5.41, 5.74) is 1.49. The van der Waals surface area contributed by atoms with Gasteiger partial charge in [-0.25, -0.2) is 0 Å². The SMILES string of the molecule is CC(C)(C(=O)Nc1ccc2c(ccn2CC(=O)O)c1)c1ccc2c(c1)OCCO2. The summed E-state index contributed by atoms with van der Waals surface area (Å²) in [4.78, 5) is 24.0. The van der Waals surface area contributed by atoms with E-state index in [1.54, 1.807) is 16.8 Å². The summed E-state index contributed by atoms with van der Waals surface area (Å²) in [5.74, 6) is 0.280. The van der Waals surface area contributed by atoms with Crippen molar-refractivity contribution in [1.29, 1.82) is 0 Å². The van der Waals surface area contributed by atoms with Crippen molar-refractivity contribution < 1.29 is 24.2 Å². The Morgan fingerprint density at radius 2 is 1.83 bits per heavy atom. The lowest BCUT2D eigenvalue weighted by atomic mass is 9.83. The second-order valence-corrected chi connectivity index (χ2v) is 7.55. The maximum atomic E-state index is 13.0. The number of aromatic nitrogens is 1. The maximum Gasteiger partial charge on any atom is 0.323 e. The van der Waals surface area contributed by atoms with E-state index in [0.717, 1.165) is 16.5 Å². The van der Waals surface area contributed by atoms with Crippen molar-refractivity contribution in [1.82, 2.24) is 4.57 Å². The molecular formula is C22H22N2O5. The van der Waals surface area contributed by atoms with Gasteiger partial charge in [0, 0.05) is 22.8 Å². The zero-order chi connectivity index (χ0) is 20.6. The fourth-order valence-corrected chi connectivity index (χ4v) is 3.41. The van der Waals surface area contributed by atoms with E-state index >= 15 is 0 Å². The summed E-state index contributed by atoms with van der Waals surface area (Å²) in [5, 5.41) is 12.8. The highest BCUT2D eigenvalue weighted by atomic mass is 16.6. The first-order valence-electron chi connectivity index (χ1n) is 9.37. The van der Waals surface area contributed by atoms with Gasteiger partial charge in [0.1, 0.15) is 19.8 Å². The fraction of sp³-hybridized carbons (Fsp3) is 0.273. The van der Waals surface area contributed by atoms with Gasteiger partial charge in [-0.05, 0) is 55.8 Å². The molecule has 2 N–H and O–H groups in total. The van der Waals surface area contributed by atoms with E-state index in [9.17, 15) is 9.59 Å². The smallest absolute Gasteiger partial charge is 0.323 e. The zero-order valence-corrected chi connectivity index (χ0v) is 16.3. The van der Waals surface area contributed by atoms with Gasteiger partial charge in [0.15, 0.2) is 11.5 Å². The standard InChI is InChI=1S/C22H22N2O5/c1-22(2,15-3-6-18-19(12-15)29-10-9-28-18)21(27)23-16-4-5-17-14(11-16)7-8-24(17)13-20(25)26/h3-8,11-12H,9-10,13H2,1-2H3,(H,23,27)(H,25,26). The van der Waals surface area contributed by atoms with E-state index < -0.39 is 11.4 Å². The van der Waals surface area contributed by atoms with E-state index in [1.165, 1.54) is 0 Å². The number of carboxylic acids is 1. The average molecular weight is 394 g/mol. The first-order valence-corrected chi connectivity index (χ1v) is 9.37. The lowest BCUT2D eigenvalue weighted by Crippen LogP contribution is -2.34. The number of nitrogens with zero attached hydrogens (tertiary/aromatic N) is 1. The molecule has 2 aromatic carbocycles. The van der Waals surface area contributed by atoms with Crippen LogP contribution in [0.4, 0.5) is 5.69 Å². The molecule has 7 nitrogen and oxygen atoms in total. The first-order chi connectivity index (χ1) is 13.8. The third kappa shape index (κ3) is 3.63. The van der Waals surface area contributed by atoms with Crippen LogP contribution in [0.2, 0.25) is 0 Å². The van der Waals surface area contributed by atoms with Crippen LogP contribution in [0.1, 0.15) is 19.4 Å². The Morgan fingerprint density at radius 1 is 1.07 bits per heavy atom. The quantitative estimate of drug-likeness (QED) is 0.692. The summed E-state index contributed by atoms with van der Waals surface area (Å²) < 4.78 is 12.8. The Labute approximate surface area is 167 Å². The molecule has 3 aromatic rings. The summed E-state index contributed by atoms with van der Waals surface area (Å²) in [7, 11) is 0. The summed E-state index contributed by atoms with van der Waals surface area (Å²) in [6.45, 7) is 4.62. The van der Waals surface area contributed by atoms with Gasteiger partial charge in [-0.15, -0.1) is 0 Å². The maximum absolute atomic E-state index is 13.0. The number of hydrogen-bond acceptors (Lipinski definition) is 4. The van der Waals surface area contributed by atoms with Gasteiger partial charge in [-0.3, -0.25) is 9.59 Å². The third-order valence-corrected chi connectivity index (χ3v) is 5.17. The minimum Gasteiger partial charge on any atom is -0.486 e. The van der Waals surface area contributed by atoms with E-state index in [4.69, 9.17) is 14.6 Å². The highest BCUT2D eigenvalue weighted by Gasteiger charge is 2.31. The Kier molecular flexibility index (Phi) is 4.66. The molecule has 150 valence electrons. The van der Waals surface area contributed by atoms with Crippen LogP contribution in [0, 0.1) is 0 Å². The number of hydrogen-bond donors (Lipinski definition) is 2. The lowest BCUT2D eigenvalue weighted by Gasteiger charge is -2.26. The third-order valence-electron chi connectivity index (χ3n) is 5.17. The molecule has 0 aliphatic carbocycles. The Morgan fingerprint density at radius 3 is 2.59 bits per heavy atom. The van der Waals surface area contributed by atoms with Crippen LogP contribution in [-0.2, 0) is 21.5 Å². The molecule has 1 aliphatic heterocycles. The van der Waals surface area contributed by atoms with E-state index in [2.05, 4.69) is 5.32 Å². The van der Waals surface area contributed by atoms with Crippen LogP contribution in [0.25, 0.3) is 10.9 Å². The molecule has 0 spiro atoms. The van der Waals surface area contributed by atoms with Crippen LogP contribution < -0.4 is 14.8 Å². The van der Waals surface area contributed by atoms with Gasteiger partial charge in [-0.1, -0.05) is 6.07 Å². The molecule has 1 aliphatic rings. The summed E-state index contributed by atoms with van der Waals surface area (Å²) >= 11 is 0. The first kappa shape index (κ1) is 18.9. The number of fused-ring (bicyclic) bond motifs is 2. The number of aliphatic carboxylic acids is 1.